The van der Waals surface area contributed by atoms with Gasteiger partial charge in [-0.05, 0) is 66.6 Å². The topological polar surface area (TPSA) is 76.6 Å². The van der Waals surface area contributed by atoms with Gasteiger partial charge < -0.3 is 19.7 Å². The van der Waals surface area contributed by atoms with Gasteiger partial charge in [0.15, 0.2) is 0 Å². The van der Waals surface area contributed by atoms with E-state index < -0.39 is 0 Å². The molecule has 0 saturated carbocycles. The molecular weight excluding hydrogens is 539 g/mol. The van der Waals surface area contributed by atoms with Crippen LogP contribution in [0.3, 0.4) is 0 Å². The molecular formula is C29H28ClFN4O3S. The van der Waals surface area contributed by atoms with Gasteiger partial charge in [-0.15, -0.1) is 11.3 Å². The summed E-state index contributed by atoms with van der Waals surface area (Å²) in [5.41, 5.74) is 2.92. The first-order valence-corrected chi connectivity index (χ1v) is 14.3. The van der Waals surface area contributed by atoms with Crippen molar-refractivity contribution in [3.8, 4) is 5.75 Å². The highest BCUT2D eigenvalue weighted by Crippen LogP contribution is 2.41. The number of nitrogens with zero attached hydrogens (tertiary/aromatic N) is 3. The predicted molar refractivity (Wildman–Crippen MR) is 150 cm³/mol. The molecule has 1 aliphatic heterocycles. The highest BCUT2D eigenvalue weighted by atomic mass is 35.5. The van der Waals surface area contributed by atoms with E-state index in [-0.39, 0.29) is 11.7 Å². The van der Waals surface area contributed by atoms with Gasteiger partial charge in [0, 0.05) is 30.1 Å². The SMILES string of the molecule is O=C(CC1CCc2c(sc3ncnc(Nc4ccc(OCc5ccc(F)cc5)c(Cl)c4)c23)C1)N1CCOCC1. The molecule has 4 aromatic rings. The minimum Gasteiger partial charge on any atom is -0.487 e. The minimum atomic E-state index is -0.281. The zero-order chi connectivity index (χ0) is 26.8. The summed E-state index contributed by atoms with van der Waals surface area (Å²) in [5, 5.41) is 4.93. The lowest BCUT2D eigenvalue weighted by molar-refractivity contribution is -0.136. The van der Waals surface area contributed by atoms with Crippen molar-refractivity contribution in [2.45, 2.75) is 32.3 Å². The van der Waals surface area contributed by atoms with Crippen molar-refractivity contribution in [3.05, 3.63) is 75.6 Å². The molecule has 1 N–H and O–H groups in total. The number of thiophene rings is 1. The fourth-order valence-electron chi connectivity index (χ4n) is 5.21. The highest BCUT2D eigenvalue weighted by molar-refractivity contribution is 7.19. The number of hydrogen-bond donors (Lipinski definition) is 1. The maximum Gasteiger partial charge on any atom is 0.223 e. The fourth-order valence-corrected chi connectivity index (χ4v) is 6.75. The number of rotatable bonds is 7. The van der Waals surface area contributed by atoms with Crippen molar-refractivity contribution in [1.82, 2.24) is 14.9 Å². The Hall–Kier alpha value is -3.27. The number of amides is 1. The van der Waals surface area contributed by atoms with Crippen molar-refractivity contribution >= 4 is 50.6 Å². The number of hydrogen-bond acceptors (Lipinski definition) is 7. The van der Waals surface area contributed by atoms with Crippen LogP contribution in [0.1, 0.15) is 28.8 Å². The van der Waals surface area contributed by atoms with Gasteiger partial charge in [-0.1, -0.05) is 23.7 Å². The Labute approximate surface area is 234 Å². The van der Waals surface area contributed by atoms with E-state index in [1.165, 1.54) is 22.6 Å². The summed E-state index contributed by atoms with van der Waals surface area (Å²) in [6.07, 6.45) is 4.91. The number of morpholine rings is 1. The Kier molecular flexibility index (Phi) is 7.63. The number of nitrogens with one attached hydrogen (secondary N) is 1. The number of aromatic nitrogens is 2. The van der Waals surface area contributed by atoms with E-state index in [2.05, 4.69) is 15.3 Å². The van der Waals surface area contributed by atoms with Gasteiger partial charge in [-0.25, -0.2) is 14.4 Å². The average molecular weight is 567 g/mol. The standard InChI is InChI=1S/C29H28ClFN4O3S/c30-23-15-21(6-8-24(23)38-16-18-1-4-20(31)5-2-18)34-28-27-22-7-3-19(13-25(22)39-29(27)33-17-32-28)14-26(36)35-9-11-37-12-10-35/h1-2,4-6,8,15,17,19H,3,7,9-14,16H2,(H,32,33,34). The Morgan fingerprint density at radius 2 is 2.00 bits per heavy atom. The van der Waals surface area contributed by atoms with Crippen LogP contribution in [-0.4, -0.2) is 47.1 Å². The lowest BCUT2D eigenvalue weighted by Gasteiger charge is -2.29. The van der Waals surface area contributed by atoms with E-state index in [0.717, 1.165) is 46.5 Å². The van der Waals surface area contributed by atoms with Gasteiger partial charge in [-0.3, -0.25) is 4.79 Å². The van der Waals surface area contributed by atoms with Crippen LogP contribution < -0.4 is 10.1 Å². The van der Waals surface area contributed by atoms with Crippen LogP contribution in [0.2, 0.25) is 5.02 Å². The largest absolute Gasteiger partial charge is 0.487 e. The number of benzene rings is 2. The molecule has 202 valence electrons. The molecule has 1 atom stereocenters. The van der Waals surface area contributed by atoms with Gasteiger partial charge in [0.05, 0.1) is 23.6 Å². The highest BCUT2D eigenvalue weighted by Gasteiger charge is 2.28. The third-order valence-corrected chi connectivity index (χ3v) is 8.73. The monoisotopic (exact) mass is 566 g/mol. The van der Waals surface area contributed by atoms with Gasteiger partial charge >= 0.3 is 0 Å². The van der Waals surface area contributed by atoms with E-state index in [4.69, 9.17) is 21.1 Å². The van der Waals surface area contributed by atoms with Crippen LogP contribution in [0.15, 0.2) is 48.8 Å². The number of ether oxygens (including phenoxy) is 2. The lowest BCUT2D eigenvalue weighted by atomic mass is 9.85. The zero-order valence-corrected chi connectivity index (χ0v) is 22.9. The number of fused-ring (bicyclic) bond motifs is 3. The predicted octanol–water partition coefficient (Wildman–Crippen LogP) is 6.16. The van der Waals surface area contributed by atoms with Crippen LogP contribution in [-0.2, 0) is 29.0 Å². The Morgan fingerprint density at radius 1 is 1.18 bits per heavy atom. The van der Waals surface area contributed by atoms with E-state index >= 15 is 0 Å². The first kappa shape index (κ1) is 26.0. The first-order chi connectivity index (χ1) is 19.0. The molecule has 1 amide bonds. The van der Waals surface area contributed by atoms with Crippen molar-refractivity contribution in [2.24, 2.45) is 5.92 Å². The third-order valence-electron chi connectivity index (χ3n) is 7.28. The number of anilines is 2. The van der Waals surface area contributed by atoms with E-state index in [1.54, 1.807) is 29.8 Å². The second-order valence-electron chi connectivity index (χ2n) is 9.90. The van der Waals surface area contributed by atoms with Crippen molar-refractivity contribution in [2.75, 3.05) is 31.6 Å². The van der Waals surface area contributed by atoms with Crippen molar-refractivity contribution < 1.29 is 18.7 Å². The Balaban J connectivity index is 1.15. The Bertz CT molecular complexity index is 1490. The lowest BCUT2D eigenvalue weighted by Crippen LogP contribution is -2.41. The minimum absolute atomic E-state index is 0.233. The molecule has 2 aliphatic rings. The van der Waals surface area contributed by atoms with Crippen LogP contribution >= 0.6 is 22.9 Å². The van der Waals surface area contributed by atoms with E-state index in [0.29, 0.717) is 56.0 Å². The molecule has 0 radical (unpaired) electrons. The van der Waals surface area contributed by atoms with Gasteiger partial charge in [0.25, 0.3) is 0 Å². The smallest absolute Gasteiger partial charge is 0.223 e. The molecule has 2 aromatic heterocycles. The summed E-state index contributed by atoms with van der Waals surface area (Å²) < 4.78 is 24.4. The van der Waals surface area contributed by atoms with Crippen LogP contribution in [0, 0.1) is 11.7 Å². The van der Waals surface area contributed by atoms with Gasteiger partial charge in [-0.2, -0.15) is 0 Å². The molecule has 1 aliphatic carbocycles. The van der Waals surface area contributed by atoms with Crippen molar-refractivity contribution in [1.29, 1.82) is 0 Å². The van der Waals surface area contributed by atoms with Gasteiger partial charge in [0.1, 0.15) is 35.1 Å². The molecule has 7 nitrogen and oxygen atoms in total. The quantitative estimate of drug-likeness (QED) is 0.289. The molecule has 3 heterocycles. The summed E-state index contributed by atoms with van der Waals surface area (Å²) in [4.78, 5) is 26.1. The molecule has 0 spiro atoms. The molecule has 1 saturated heterocycles. The van der Waals surface area contributed by atoms with E-state index in [1.807, 2.05) is 23.1 Å². The fraction of sp³-hybridized carbons (Fsp3) is 0.345. The molecule has 2 aromatic carbocycles. The maximum atomic E-state index is 13.1. The zero-order valence-electron chi connectivity index (χ0n) is 21.3. The van der Waals surface area contributed by atoms with Crippen LogP contribution in [0.4, 0.5) is 15.9 Å². The molecule has 10 heteroatoms. The van der Waals surface area contributed by atoms with Gasteiger partial charge in [0.2, 0.25) is 5.91 Å². The number of halogens is 2. The second-order valence-corrected chi connectivity index (χ2v) is 11.4. The summed E-state index contributed by atoms with van der Waals surface area (Å²) in [7, 11) is 0. The van der Waals surface area contributed by atoms with Crippen molar-refractivity contribution in [3.63, 3.8) is 0 Å². The summed E-state index contributed by atoms with van der Waals surface area (Å²) in [5.74, 6) is 1.58. The molecule has 39 heavy (non-hydrogen) atoms. The molecule has 1 fully saturated rings. The first-order valence-electron chi connectivity index (χ1n) is 13.1. The Morgan fingerprint density at radius 3 is 2.79 bits per heavy atom. The van der Waals surface area contributed by atoms with Crippen LogP contribution in [0.5, 0.6) is 5.75 Å². The van der Waals surface area contributed by atoms with Crippen LogP contribution in [0.25, 0.3) is 10.2 Å². The maximum absolute atomic E-state index is 13.1. The summed E-state index contributed by atoms with van der Waals surface area (Å²) in [6.45, 7) is 2.93. The molecule has 6 rings (SSSR count). The number of aryl methyl sites for hydroxylation is 1. The summed E-state index contributed by atoms with van der Waals surface area (Å²) >= 11 is 8.22. The summed E-state index contributed by atoms with van der Waals surface area (Å²) in [6, 6.07) is 11.7. The second kappa shape index (κ2) is 11.5. The third kappa shape index (κ3) is 5.85. The van der Waals surface area contributed by atoms with E-state index in [9.17, 15) is 9.18 Å². The molecule has 0 bridgehead atoms. The number of carbonyl (C=O) groups excluding carboxylic acids is 1. The number of carbonyl (C=O) groups is 1. The normalized spacial score (nSPS) is 17.2. The molecule has 1 unspecified atom stereocenters. The average Bonchev–Trinajstić information content (AvgIpc) is 3.33.